The lowest BCUT2D eigenvalue weighted by Crippen LogP contribution is -1.95. The van der Waals surface area contributed by atoms with Crippen molar-refractivity contribution >= 4 is 0 Å². The summed E-state index contributed by atoms with van der Waals surface area (Å²) in [5.41, 5.74) is 0. The highest BCUT2D eigenvalue weighted by atomic mass is 14.7. The maximum Gasteiger partial charge on any atom is -0.0167 e. The van der Waals surface area contributed by atoms with Crippen molar-refractivity contribution in [2.75, 3.05) is 14.1 Å². The Bertz CT molecular complexity index is 493. The van der Waals surface area contributed by atoms with Gasteiger partial charge in [0.25, 0.3) is 0 Å². The number of hydrogen-bond acceptors (Lipinski definition) is 1. The minimum Gasteiger partial charge on any atom is -0.323 e. The van der Waals surface area contributed by atoms with Crippen LogP contribution in [0.4, 0.5) is 0 Å². The van der Waals surface area contributed by atoms with Gasteiger partial charge in [0, 0.05) is 0 Å². The maximum atomic E-state index is 2.75. The molecule has 0 bridgehead atoms. The molecule has 1 unspecified atom stereocenters. The second-order valence-corrected chi connectivity index (χ2v) is 13.4. The van der Waals surface area contributed by atoms with E-state index in [2.05, 4.69) is 50.4 Å². The van der Waals surface area contributed by atoms with Gasteiger partial charge in [0.15, 0.2) is 0 Å². The Hall–Kier alpha value is -0.560. The summed E-state index contributed by atoms with van der Waals surface area (Å²) in [5.74, 6) is 0.949. The first-order valence-corrected chi connectivity index (χ1v) is 19.6. The van der Waals surface area contributed by atoms with E-state index in [1.165, 1.54) is 199 Å². The largest absolute Gasteiger partial charge is 0.323 e. The summed E-state index contributed by atoms with van der Waals surface area (Å²) in [6.45, 7) is 7.09. The highest BCUT2D eigenvalue weighted by Gasteiger charge is 2.02. The van der Waals surface area contributed by atoms with Gasteiger partial charge >= 0.3 is 0 Å². The molecule has 0 spiro atoms. The molecule has 0 rings (SSSR count). The van der Waals surface area contributed by atoms with Gasteiger partial charge in [0.1, 0.15) is 0 Å². The molecule has 0 aromatic heterocycles. The molecule has 0 radical (unpaired) electrons. The zero-order valence-corrected chi connectivity index (χ0v) is 30.3. The van der Waals surface area contributed by atoms with E-state index < -0.39 is 0 Å². The molecular formula is C41H83N. The van der Waals surface area contributed by atoms with Crippen molar-refractivity contribution in [2.45, 2.75) is 220 Å². The Labute approximate surface area is 269 Å². The van der Waals surface area contributed by atoms with Crippen molar-refractivity contribution in [1.82, 2.24) is 5.32 Å². The van der Waals surface area contributed by atoms with Gasteiger partial charge < -0.3 is 5.32 Å². The lowest BCUT2D eigenvalue weighted by molar-refractivity contribution is 0.431. The third-order valence-corrected chi connectivity index (χ3v) is 8.67. The van der Waals surface area contributed by atoms with Crippen LogP contribution in [0, 0.1) is 5.92 Å². The highest BCUT2D eigenvalue weighted by Crippen LogP contribution is 2.19. The van der Waals surface area contributed by atoms with Gasteiger partial charge in [-0.3, -0.25) is 0 Å². The maximum absolute atomic E-state index is 2.75. The standard InChI is InChI=1S/C39H76.C2H7N/c1-4-6-8-10-12-14-16-18-20-22-24-26-28-30-32-34-36-38-39(3)37-35-33-31-29-27-25-23-21-19-17-15-13-11-9-7-5-2;1-3-2/h18-21,39H,4-17,22-38H2,1-3H3;3H,1-2H3/b20-18-,21-19-;. The van der Waals surface area contributed by atoms with Gasteiger partial charge in [-0.15, -0.1) is 0 Å². The average molecular weight is 590 g/mol. The van der Waals surface area contributed by atoms with Gasteiger partial charge in [-0.2, -0.15) is 0 Å². The number of nitrogens with one attached hydrogen (secondary N) is 1. The molecule has 0 amide bonds. The van der Waals surface area contributed by atoms with Crippen molar-refractivity contribution in [2.24, 2.45) is 5.92 Å². The van der Waals surface area contributed by atoms with E-state index in [4.69, 9.17) is 0 Å². The topological polar surface area (TPSA) is 12.0 Å². The van der Waals surface area contributed by atoms with E-state index in [9.17, 15) is 0 Å². The van der Waals surface area contributed by atoms with Crippen LogP contribution in [0.3, 0.4) is 0 Å². The van der Waals surface area contributed by atoms with Crippen molar-refractivity contribution in [3.8, 4) is 0 Å². The summed E-state index contributed by atoms with van der Waals surface area (Å²) in [4.78, 5) is 0. The molecule has 0 aromatic rings. The first-order chi connectivity index (χ1) is 20.7. The molecule has 0 fully saturated rings. The molecular weight excluding hydrogens is 506 g/mol. The normalized spacial score (nSPS) is 12.3. The molecule has 0 saturated carbocycles. The van der Waals surface area contributed by atoms with Crippen molar-refractivity contribution in [1.29, 1.82) is 0 Å². The average Bonchev–Trinajstić information content (AvgIpc) is 2.99. The quantitative estimate of drug-likeness (QED) is 0.0593. The Morgan fingerprint density at radius 3 is 0.833 bits per heavy atom. The van der Waals surface area contributed by atoms with Crippen LogP contribution in [0.25, 0.3) is 0 Å². The minimum atomic E-state index is 0.949. The molecule has 42 heavy (non-hydrogen) atoms. The van der Waals surface area contributed by atoms with E-state index in [0.29, 0.717) is 0 Å². The van der Waals surface area contributed by atoms with Crippen LogP contribution in [0.5, 0.6) is 0 Å². The molecule has 0 saturated heterocycles. The second kappa shape index (κ2) is 42.6. The molecule has 1 nitrogen and oxygen atoms in total. The van der Waals surface area contributed by atoms with E-state index in [-0.39, 0.29) is 0 Å². The number of hydrogen-bond donors (Lipinski definition) is 1. The summed E-state index contributed by atoms with van der Waals surface area (Å²) < 4.78 is 0. The van der Waals surface area contributed by atoms with Crippen LogP contribution in [0.2, 0.25) is 0 Å². The monoisotopic (exact) mass is 590 g/mol. The smallest absolute Gasteiger partial charge is 0.0167 e. The van der Waals surface area contributed by atoms with Crippen LogP contribution in [-0.4, -0.2) is 14.1 Å². The number of unbranched alkanes of at least 4 members (excludes halogenated alkanes) is 25. The highest BCUT2D eigenvalue weighted by molar-refractivity contribution is 4.82. The first kappa shape index (κ1) is 43.6. The molecule has 252 valence electrons. The zero-order valence-electron chi connectivity index (χ0n) is 30.3. The van der Waals surface area contributed by atoms with Crippen LogP contribution in [-0.2, 0) is 0 Å². The summed E-state index contributed by atoms with van der Waals surface area (Å²) in [6.07, 6.45) is 53.8. The predicted octanol–water partition coefficient (Wildman–Crippen LogP) is 14.7. The van der Waals surface area contributed by atoms with Gasteiger partial charge in [-0.05, 0) is 71.4 Å². The Morgan fingerprint density at radius 1 is 0.357 bits per heavy atom. The first-order valence-electron chi connectivity index (χ1n) is 19.6. The number of allylic oxidation sites excluding steroid dienone is 4. The van der Waals surface area contributed by atoms with E-state index in [1.807, 2.05) is 14.1 Å². The van der Waals surface area contributed by atoms with Crippen molar-refractivity contribution in [3.05, 3.63) is 24.3 Å². The Balaban J connectivity index is 0. The van der Waals surface area contributed by atoms with Gasteiger partial charge in [0.2, 0.25) is 0 Å². The lowest BCUT2D eigenvalue weighted by atomic mass is 9.95. The molecule has 1 heteroatoms. The van der Waals surface area contributed by atoms with Crippen molar-refractivity contribution < 1.29 is 0 Å². The molecule has 1 atom stereocenters. The van der Waals surface area contributed by atoms with Gasteiger partial charge in [0.05, 0.1) is 0 Å². The van der Waals surface area contributed by atoms with E-state index >= 15 is 0 Å². The second-order valence-electron chi connectivity index (χ2n) is 13.4. The van der Waals surface area contributed by atoms with Gasteiger partial charge in [-0.25, -0.2) is 0 Å². The van der Waals surface area contributed by atoms with Crippen LogP contribution < -0.4 is 5.32 Å². The summed E-state index contributed by atoms with van der Waals surface area (Å²) in [6, 6.07) is 0. The van der Waals surface area contributed by atoms with Gasteiger partial charge in [-0.1, -0.05) is 193 Å². The Kier molecular flexibility index (Phi) is 44.2. The Morgan fingerprint density at radius 2 is 0.571 bits per heavy atom. The third-order valence-electron chi connectivity index (χ3n) is 8.67. The molecule has 0 aliphatic carbocycles. The van der Waals surface area contributed by atoms with E-state index in [1.54, 1.807) is 0 Å². The SMILES string of the molecule is CCCCCCCC/C=C\CCCCCCCCCC(C)CCCCCCCC/C=C\CCCCCCCC.CNC. The molecule has 0 aliphatic rings. The van der Waals surface area contributed by atoms with Crippen molar-refractivity contribution in [3.63, 3.8) is 0 Å². The third kappa shape index (κ3) is 43.9. The summed E-state index contributed by atoms with van der Waals surface area (Å²) in [5, 5.41) is 2.75. The summed E-state index contributed by atoms with van der Waals surface area (Å²) >= 11 is 0. The predicted molar refractivity (Wildman–Crippen MR) is 197 cm³/mol. The fraction of sp³-hybridized carbons (Fsp3) is 0.902. The molecule has 0 heterocycles. The fourth-order valence-electron chi connectivity index (χ4n) is 5.80. The minimum absolute atomic E-state index is 0.949. The van der Waals surface area contributed by atoms with Crippen LogP contribution in [0.1, 0.15) is 220 Å². The lowest BCUT2D eigenvalue weighted by Gasteiger charge is -2.11. The summed E-state index contributed by atoms with van der Waals surface area (Å²) in [7, 11) is 3.75. The zero-order chi connectivity index (χ0) is 31.0. The molecule has 0 aromatic carbocycles. The molecule has 1 N–H and O–H groups in total. The van der Waals surface area contributed by atoms with Crippen LogP contribution in [0.15, 0.2) is 24.3 Å². The van der Waals surface area contributed by atoms with E-state index in [0.717, 1.165) is 5.92 Å². The molecule has 0 aliphatic heterocycles. The van der Waals surface area contributed by atoms with Crippen LogP contribution >= 0.6 is 0 Å². The fourth-order valence-corrected chi connectivity index (χ4v) is 5.80. The number of rotatable bonds is 33.